The molecule has 0 spiro atoms. The summed E-state index contributed by atoms with van der Waals surface area (Å²) in [4.78, 5) is 23.8. The zero-order valence-electron chi connectivity index (χ0n) is 9.53. The number of pyridine rings is 1. The van der Waals surface area contributed by atoms with Gasteiger partial charge in [0.15, 0.2) is 0 Å². The molecule has 0 aliphatic heterocycles. The van der Waals surface area contributed by atoms with Gasteiger partial charge in [0.05, 0.1) is 0 Å². The number of amides is 1. The van der Waals surface area contributed by atoms with Crippen molar-refractivity contribution in [3.8, 4) is 0 Å². The molecule has 1 heterocycles. The smallest absolute Gasteiger partial charge is 0.270 e. The van der Waals surface area contributed by atoms with E-state index in [1.807, 2.05) is 9.99 Å². The van der Waals surface area contributed by atoms with E-state index in [-0.39, 0.29) is 11.1 Å². The Labute approximate surface area is 98.6 Å². The number of aromatic nitrogens is 1. The van der Waals surface area contributed by atoms with E-state index in [0.29, 0.717) is 6.04 Å². The summed E-state index contributed by atoms with van der Waals surface area (Å²) in [5.41, 5.74) is 4.31. The van der Waals surface area contributed by atoms with Gasteiger partial charge in [0.2, 0.25) is 0 Å². The molecule has 1 aromatic rings. The summed E-state index contributed by atoms with van der Waals surface area (Å²) in [6.45, 7) is 0. The first-order chi connectivity index (χ1) is 8.22. The van der Waals surface area contributed by atoms with Crippen molar-refractivity contribution in [2.24, 2.45) is 5.84 Å². The SMILES string of the molecule is NNC(=O)c1cc2c(n(C3CC3)c1=O)CCC2. The number of fused-ring (bicyclic) bond motifs is 1. The molecule has 0 radical (unpaired) electrons. The van der Waals surface area contributed by atoms with Gasteiger partial charge in [0.25, 0.3) is 11.5 Å². The summed E-state index contributed by atoms with van der Waals surface area (Å²) in [5.74, 6) is 4.63. The fraction of sp³-hybridized carbons (Fsp3) is 0.500. The minimum atomic E-state index is -0.487. The van der Waals surface area contributed by atoms with Crippen molar-refractivity contribution < 1.29 is 4.79 Å². The molecule has 1 fully saturated rings. The molecule has 1 saturated carbocycles. The number of carbonyl (C=O) groups excluding carboxylic acids is 1. The quantitative estimate of drug-likeness (QED) is 0.437. The molecular formula is C12H15N3O2. The van der Waals surface area contributed by atoms with Crippen LogP contribution in [0.3, 0.4) is 0 Å². The molecule has 5 heteroatoms. The number of nitrogens with zero attached hydrogens (tertiary/aromatic N) is 1. The maximum absolute atomic E-state index is 12.3. The number of nitrogens with two attached hydrogens (primary N) is 1. The lowest BCUT2D eigenvalue weighted by Crippen LogP contribution is -2.37. The van der Waals surface area contributed by atoms with E-state index in [1.165, 1.54) is 0 Å². The van der Waals surface area contributed by atoms with Crippen LogP contribution in [0.15, 0.2) is 10.9 Å². The highest BCUT2D eigenvalue weighted by Crippen LogP contribution is 2.37. The van der Waals surface area contributed by atoms with Crippen LogP contribution in [0, 0.1) is 0 Å². The lowest BCUT2D eigenvalue weighted by atomic mass is 10.1. The third-order valence-electron chi connectivity index (χ3n) is 3.58. The van der Waals surface area contributed by atoms with E-state index < -0.39 is 5.91 Å². The molecule has 0 atom stereocenters. The predicted octanol–water partition coefficient (Wildman–Crippen LogP) is 0.275. The van der Waals surface area contributed by atoms with Gasteiger partial charge >= 0.3 is 0 Å². The van der Waals surface area contributed by atoms with Crippen molar-refractivity contribution in [2.75, 3.05) is 0 Å². The van der Waals surface area contributed by atoms with Gasteiger partial charge < -0.3 is 4.57 Å². The number of hydrazine groups is 1. The molecule has 17 heavy (non-hydrogen) atoms. The van der Waals surface area contributed by atoms with Gasteiger partial charge in [0, 0.05) is 11.7 Å². The van der Waals surface area contributed by atoms with Crippen molar-refractivity contribution >= 4 is 5.91 Å². The third-order valence-corrected chi connectivity index (χ3v) is 3.58. The van der Waals surface area contributed by atoms with Crippen LogP contribution >= 0.6 is 0 Å². The van der Waals surface area contributed by atoms with Crippen LogP contribution in [0.5, 0.6) is 0 Å². The van der Waals surface area contributed by atoms with Gasteiger partial charge in [-0.1, -0.05) is 0 Å². The van der Waals surface area contributed by atoms with Crippen LogP contribution in [0.1, 0.15) is 46.9 Å². The summed E-state index contributed by atoms with van der Waals surface area (Å²) in [6, 6.07) is 2.02. The van der Waals surface area contributed by atoms with E-state index in [1.54, 1.807) is 6.07 Å². The summed E-state index contributed by atoms with van der Waals surface area (Å²) in [6.07, 6.45) is 5.05. The number of nitrogens with one attached hydrogen (secondary N) is 1. The summed E-state index contributed by atoms with van der Waals surface area (Å²) in [7, 11) is 0. The van der Waals surface area contributed by atoms with Crippen LogP contribution in [0.4, 0.5) is 0 Å². The Balaban J connectivity index is 2.22. The average molecular weight is 233 g/mol. The van der Waals surface area contributed by atoms with Gasteiger partial charge in [-0.15, -0.1) is 0 Å². The predicted molar refractivity (Wildman–Crippen MR) is 62.7 cm³/mol. The van der Waals surface area contributed by atoms with Crippen LogP contribution in [-0.4, -0.2) is 10.5 Å². The number of hydrogen-bond donors (Lipinski definition) is 2. The molecule has 0 bridgehead atoms. The fourth-order valence-electron chi connectivity index (χ4n) is 2.63. The van der Waals surface area contributed by atoms with Crippen molar-refractivity contribution in [1.82, 2.24) is 9.99 Å². The number of rotatable bonds is 2. The molecule has 90 valence electrons. The minimum Gasteiger partial charge on any atom is -0.309 e. The maximum Gasteiger partial charge on any atom is 0.270 e. The van der Waals surface area contributed by atoms with E-state index >= 15 is 0 Å². The van der Waals surface area contributed by atoms with Crippen LogP contribution in [0.2, 0.25) is 0 Å². The van der Waals surface area contributed by atoms with Gasteiger partial charge in [-0.3, -0.25) is 15.0 Å². The first-order valence-electron chi connectivity index (χ1n) is 6.00. The topological polar surface area (TPSA) is 77.1 Å². The second-order valence-electron chi connectivity index (χ2n) is 4.76. The zero-order chi connectivity index (χ0) is 12.0. The third kappa shape index (κ3) is 1.58. The highest BCUT2D eigenvalue weighted by molar-refractivity contribution is 5.93. The summed E-state index contributed by atoms with van der Waals surface area (Å²) in [5, 5.41) is 0. The standard InChI is InChI=1S/C12H15N3O2/c13-14-11(16)9-6-7-2-1-3-10(7)15(12(9)17)8-4-5-8/h6,8H,1-5,13H2,(H,14,16). The zero-order valence-corrected chi connectivity index (χ0v) is 9.53. The van der Waals surface area contributed by atoms with Crippen molar-refractivity contribution in [1.29, 1.82) is 0 Å². The second-order valence-corrected chi connectivity index (χ2v) is 4.76. The molecule has 1 amide bonds. The highest BCUT2D eigenvalue weighted by atomic mass is 16.2. The average Bonchev–Trinajstić information content (AvgIpc) is 3.05. The fourth-order valence-corrected chi connectivity index (χ4v) is 2.63. The number of nitrogen functional groups attached to an aromatic ring is 1. The van der Waals surface area contributed by atoms with Gasteiger partial charge in [-0.25, -0.2) is 5.84 Å². The Bertz CT molecular complexity index is 543. The lowest BCUT2D eigenvalue weighted by Gasteiger charge is -2.13. The normalized spacial score (nSPS) is 17.9. The molecule has 3 rings (SSSR count). The molecular weight excluding hydrogens is 218 g/mol. The molecule has 5 nitrogen and oxygen atoms in total. The molecule has 0 aromatic carbocycles. The monoisotopic (exact) mass is 233 g/mol. The van der Waals surface area contributed by atoms with Crippen molar-refractivity contribution in [3.05, 3.63) is 33.2 Å². The van der Waals surface area contributed by atoms with Crippen LogP contribution in [-0.2, 0) is 12.8 Å². The Morgan fingerprint density at radius 2 is 2.18 bits per heavy atom. The highest BCUT2D eigenvalue weighted by Gasteiger charge is 2.31. The van der Waals surface area contributed by atoms with Crippen molar-refractivity contribution in [3.63, 3.8) is 0 Å². The van der Waals surface area contributed by atoms with Crippen LogP contribution < -0.4 is 16.8 Å². The Morgan fingerprint density at radius 1 is 1.41 bits per heavy atom. The molecule has 0 saturated heterocycles. The summed E-state index contributed by atoms with van der Waals surface area (Å²) >= 11 is 0. The molecule has 2 aliphatic carbocycles. The Hall–Kier alpha value is -1.62. The Morgan fingerprint density at radius 3 is 2.82 bits per heavy atom. The molecule has 0 unspecified atom stereocenters. The molecule has 3 N–H and O–H groups in total. The molecule has 2 aliphatic rings. The van der Waals surface area contributed by atoms with Crippen molar-refractivity contribution in [2.45, 2.75) is 38.1 Å². The van der Waals surface area contributed by atoms with Gasteiger partial charge in [-0.2, -0.15) is 0 Å². The minimum absolute atomic E-state index is 0.181. The van der Waals surface area contributed by atoms with Crippen LogP contribution in [0.25, 0.3) is 0 Å². The van der Waals surface area contributed by atoms with E-state index in [4.69, 9.17) is 5.84 Å². The number of aryl methyl sites for hydroxylation is 1. The Kier molecular flexibility index (Phi) is 2.29. The largest absolute Gasteiger partial charge is 0.309 e. The van der Waals surface area contributed by atoms with E-state index in [9.17, 15) is 9.59 Å². The summed E-state index contributed by atoms with van der Waals surface area (Å²) < 4.78 is 1.83. The van der Waals surface area contributed by atoms with Gasteiger partial charge in [-0.05, 0) is 43.7 Å². The first kappa shape index (κ1) is 10.5. The number of hydrogen-bond acceptors (Lipinski definition) is 3. The lowest BCUT2D eigenvalue weighted by molar-refractivity contribution is 0.0951. The van der Waals surface area contributed by atoms with E-state index in [0.717, 1.165) is 43.4 Å². The second kappa shape index (κ2) is 3.70. The maximum atomic E-state index is 12.3. The molecule has 1 aromatic heterocycles. The van der Waals surface area contributed by atoms with Gasteiger partial charge in [0.1, 0.15) is 5.56 Å². The number of carbonyl (C=O) groups is 1. The first-order valence-corrected chi connectivity index (χ1v) is 6.00. The van der Waals surface area contributed by atoms with E-state index in [2.05, 4.69) is 0 Å².